The lowest BCUT2D eigenvalue weighted by atomic mass is 10.1. The molecule has 6 rings (SSSR count). The second kappa shape index (κ2) is 14.6. The molecule has 3 aliphatic heterocycles. The zero-order chi connectivity index (χ0) is 32.9. The minimum atomic E-state index is -0.368. The molecule has 0 bridgehead atoms. The number of benzene rings is 3. The van der Waals surface area contributed by atoms with Crippen molar-refractivity contribution in [3.8, 4) is 5.75 Å². The number of carbonyl (C=O) groups is 2. The lowest BCUT2D eigenvalue weighted by Gasteiger charge is -2.39. The van der Waals surface area contributed by atoms with Crippen molar-refractivity contribution in [3.05, 3.63) is 87.4 Å². The van der Waals surface area contributed by atoms with Crippen LogP contribution in [-0.4, -0.2) is 111 Å². The van der Waals surface area contributed by atoms with Gasteiger partial charge in [0.2, 0.25) is 5.91 Å². The first-order valence-electron chi connectivity index (χ1n) is 16.0. The highest BCUT2D eigenvalue weighted by molar-refractivity contribution is 6.34. The number of nitro groups is 1. The maximum atomic E-state index is 13.4. The number of rotatable bonds is 10. The Morgan fingerprint density at radius 3 is 1.89 bits per heavy atom. The number of hydrogen-bond acceptors (Lipinski definition) is 9. The van der Waals surface area contributed by atoms with Gasteiger partial charge in [-0.05, 0) is 48.0 Å². The molecule has 0 N–H and O–H groups in total. The average Bonchev–Trinajstić information content (AvgIpc) is 3.10. The molecule has 3 heterocycles. The maximum absolute atomic E-state index is 13.4. The SMILES string of the molecule is COc1ccc(CN2C(=O)CCN(c3ccc(N4CCN(CCN5CCN(c6ccc([N+](=O)[O-])cc6)CC5)CC4)cc3Cl)C2=O)cc1. The number of anilines is 3. The molecule has 3 amide bonds. The molecule has 0 aromatic heterocycles. The second-order valence-corrected chi connectivity index (χ2v) is 12.5. The van der Waals surface area contributed by atoms with Gasteiger partial charge in [0.25, 0.3) is 5.69 Å². The van der Waals surface area contributed by atoms with Crippen LogP contribution in [0.15, 0.2) is 66.7 Å². The van der Waals surface area contributed by atoms with Gasteiger partial charge in [0, 0.05) is 102 Å². The van der Waals surface area contributed by atoms with E-state index in [1.165, 1.54) is 4.90 Å². The zero-order valence-electron chi connectivity index (χ0n) is 26.6. The maximum Gasteiger partial charge on any atom is 0.331 e. The minimum Gasteiger partial charge on any atom is -0.497 e. The van der Waals surface area contributed by atoms with Crippen LogP contribution in [0.2, 0.25) is 5.02 Å². The highest BCUT2D eigenvalue weighted by atomic mass is 35.5. The topological polar surface area (TPSA) is 106 Å². The van der Waals surface area contributed by atoms with Crippen molar-refractivity contribution in [3.63, 3.8) is 0 Å². The fourth-order valence-corrected chi connectivity index (χ4v) is 6.70. The highest BCUT2D eigenvalue weighted by Crippen LogP contribution is 2.33. The number of hydrogen-bond donors (Lipinski definition) is 0. The number of non-ortho nitro benzene ring substituents is 1. The normalized spacial score (nSPS) is 18.2. The summed E-state index contributed by atoms with van der Waals surface area (Å²) in [7, 11) is 1.60. The van der Waals surface area contributed by atoms with Crippen LogP contribution >= 0.6 is 11.6 Å². The van der Waals surface area contributed by atoms with E-state index in [9.17, 15) is 19.7 Å². The number of ether oxygens (including phenoxy) is 1. The molecule has 3 saturated heterocycles. The molecule has 248 valence electrons. The first kappa shape index (κ1) is 32.5. The number of piperazine rings is 2. The standard InChI is InChI=1S/C34H40ClN7O5/c1-47-30-9-2-26(3-10-30)25-41-33(43)12-13-40(34(41)44)32-11-8-29(24-31(32)35)39-22-18-37(19-23-39)15-14-36-16-20-38(21-17-36)27-4-6-28(7-5-27)42(45)46/h2-11,24H,12-23,25H2,1H3. The second-order valence-electron chi connectivity index (χ2n) is 12.1. The largest absolute Gasteiger partial charge is 0.497 e. The average molecular weight is 662 g/mol. The molecule has 13 heteroatoms. The van der Waals surface area contributed by atoms with Gasteiger partial charge in [0.1, 0.15) is 5.75 Å². The fraction of sp³-hybridized carbons (Fsp3) is 0.412. The van der Waals surface area contributed by atoms with E-state index in [1.807, 2.05) is 54.6 Å². The lowest BCUT2D eigenvalue weighted by molar-refractivity contribution is -0.384. The molecule has 3 aliphatic rings. The summed E-state index contributed by atoms with van der Waals surface area (Å²) in [6.45, 7) is 9.92. The van der Waals surface area contributed by atoms with Gasteiger partial charge in [0.15, 0.2) is 0 Å². The van der Waals surface area contributed by atoms with Crippen molar-refractivity contribution >= 4 is 46.3 Å². The number of carbonyl (C=O) groups excluding carboxylic acids is 2. The number of amides is 3. The van der Waals surface area contributed by atoms with Crippen molar-refractivity contribution in [2.75, 3.05) is 93.8 Å². The van der Waals surface area contributed by atoms with E-state index < -0.39 is 0 Å². The third-order valence-corrected chi connectivity index (χ3v) is 9.60. The van der Waals surface area contributed by atoms with Gasteiger partial charge < -0.3 is 14.5 Å². The van der Waals surface area contributed by atoms with Crippen molar-refractivity contribution in [1.82, 2.24) is 14.7 Å². The van der Waals surface area contributed by atoms with E-state index in [0.717, 1.165) is 82.4 Å². The molecule has 3 aromatic carbocycles. The predicted molar refractivity (Wildman–Crippen MR) is 183 cm³/mol. The van der Waals surface area contributed by atoms with Crippen LogP contribution in [0.25, 0.3) is 0 Å². The van der Waals surface area contributed by atoms with Gasteiger partial charge in [-0.25, -0.2) is 4.79 Å². The molecule has 3 fully saturated rings. The van der Waals surface area contributed by atoms with Gasteiger partial charge in [0.05, 0.1) is 29.3 Å². The lowest BCUT2D eigenvalue weighted by Crippen LogP contribution is -2.52. The Kier molecular flexibility index (Phi) is 10.1. The molecule has 0 unspecified atom stereocenters. The molecule has 12 nitrogen and oxygen atoms in total. The molecule has 47 heavy (non-hydrogen) atoms. The number of halogens is 1. The van der Waals surface area contributed by atoms with Crippen LogP contribution in [-0.2, 0) is 11.3 Å². The Morgan fingerprint density at radius 2 is 1.34 bits per heavy atom. The van der Waals surface area contributed by atoms with Crippen LogP contribution in [0, 0.1) is 10.1 Å². The van der Waals surface area contributed by atoms with Crippen molar-refractivity contribution in [1.29, 1.82) is 0 Å². The Morgan fingerprint density at radius 1 is 0.766 bits per heavy atom. The first-order valence-corrected chi connectivity index (χ1v) is 16.4. The van der Waals surface area contributed by atoms with Gasteiger partial charge in [-0.15, -0.1) is 0 Å². The Labute approximate surface area is 279 Å². The molecule has 3 aromatic rings. The van der Waals surface area contributed by atoms with Gasteiger partial charge in [-0.2, -0.15) is 0 Å². The van der Waals surface area contributed by atoms with E-state index in [0.29, 0.717) is 23.0 Å². The highest BCUT2D eigenvalue weighted by Gasteiger charge is 2.34. The summed E-state index contributed by atoms with van der Waals surface area (Å²) >= 11 is 6.77. The van der Waals surface area contributed by atoms with Gasteiger partial charge in [-0.3, -0.25) is 34.5 Å². The third kappa shape index (κ3) is 7.61. The Bertz CT molecular complexity index is 1570. The predicted octanol–water partition coefficient (Wildman–Crippen LogP) is 4.56. The Hall–Kier alpha value is -4.39. The van der Waals surface area contributed by atoms with Crippen molar-refractivity contribution < 1.29 is 19.2 Å². The molecule has 0 spiro atoms. The van der Waals surface area contributed by atoms with Crippen LogP contribution in [0.4, 0.5) is 27.5 Å². The van der Waals surface area contributed by atoms with E-state index in [4.69, 9.17) is 16.3 Å². The molecule has 0 aliphatic carbocycles. The van der Waals surface area contributed by atoms with Crippen molar-refractivity contribution in [2.45, 2.75) is 13.0 Å². The van der Waals surface area contributed by atoms with Crippen molar-refractivity contribution in [2.24, 2.45) is 0 Å². The van der Waals surface area contributed by atoms with Crippen LogP contribution in [0.3, 0.4) is 0 Å². The summed E-state index contributed by atoms with van der Waals surface area (Å²) in [5, 5.41) is 11.4. The van der Waals surface area contributed by atoms with E-state index in [2.05, 4.69) is 19.6 Å². The van der Waals surface area contributed by atoms with E-state index in [-0.39, 0.29) is 35.5 Å². The number of nitro benzene ring substituents is 1. The van der Waals surface area contributed by atoms with E-state index in [1.54, 1.807) is 24.1 Å². The molecule has 0 atom stereocenters. The summed E-state index contributed by atoms with van der Waals surface area (Å²) in [5.41, 5.74) is 3.63. The van der Waals surface area contributed by atoms with Crippen LogP contribution in [0.5, 0.6) is 5.75 Å². The smallest absolute Gasteiger partial charge is 0.331 e. The number of nitrogens with zero attached hydrogens (tertiary/aromatic N) is 7. The summed E-state index contributed by atoms with van der Waals surface area (Å²) < 4.78 is 5.21. The van der Waals surface area contributed by atoms with Gasteiger partial charge in [-0.1, -0.05) is 23.7 Å². The number of urea groups is 1. The zero-order valence-corrected chi connectivity index (χ0v) is 27.3. The summed E-state index contributed by atoms with van der Waals surface area (Å²) in [5.74, 6) is 0.519. The number of imide groups is 1. The number of methoxy groups -OCH3 is 1. The monoisotopic (exact) mass is 661 g/mol. The third-order valence-electron chi connectivity index (χ3n) is 9.30. The Balaban J connectivity index is 0.968. The first-order chi connectivity index (χ1) is 22.8. The quantitative estimate of drug-likeness (QED) is 0.228. The van der Waals surface area contributed by atoms with Crippen LogP contribution < -0.4 is 19.4 Å². The summed E-state index contributed by atoms with van der Waals surface area (Å²) in [6.07, 6.45) is 0.234. The van der Waals surface area contributed by atoms with Gasteiger partial charge >= 0.3 is 6.03 Å². The molecular formula is C34H40ClN7O5. The fourth-order valence-electron chi connectivity index (χ4n) is 6.42. The van der Waals surface area contributed by atoms with Crippen LogP contribution in [0.1, 0.15) is 12.0 Å². The summed E-state index contributed by atoms with van der Waals surface area (Å²) in [4.78, 5) is 49.2. The molecular weight excluding hydrogens is 622 g/mol. The summed E-state index contributed by atoms with van der Waals surface area (Å²) in [6, 6.07) is 19.6. The molecule has 0 saturated carbocycles. The minimum absolute atomic E-state index is 0.119. The van der Waals surface area contributed by atoms with E-state index >= 15 is 0 Å². The molecule has 0 radical (unpaired) electrons.